The third-order valence-corrected chi connectivity index (χ3v) is 5.60. The molecule has 1 amide bonds. The first-order valence-corrected chi connectivity index (χ1v) is 9.75. The Kier molecular flexibility index (Phi) is 6.14. The molecule has 1 aliphatic rings. The number of amides is 1. The van der Waals surface area contributed by atoms with Crippen LogP contribution in [0.25, 0.3) is 0 Å². The van der Waals surface area contributed by atoms with Gasteiger partial charge in [-0.05, 0) is 17.9 Å². The first-order chi connectivity index (χ1) is 12.1. The predicted molar refractivity (Wildman–Crippen MR) is 96.9 cm³/mol. The lowest BCUT2D eigenvalue weighted by Crippen LogP contribution is -2.39. The van der Waals surface area contributed by atoms with Gasteiger partial charge in [-0.25, -0.2) is 9.78 Å². The third-order valence-electron chi connectivity index (χ3n) is 3.88. The van der Waals surface area contributed by atoms with Crippen molar-refractivity contribution in [3.8, 4) is 0 Å². The number of carbonyl (C=O) groups excluding carboxylic acids is 1. The van der Waals surface area contributed by atoms with Gasteiger partial charge < -0.3 is 9.84 Å². The molecule has 2 aromatic heterocycles. The molecule has 2 aromatic rings. The van der Waals surface area contributed by atoms with Crippen LogP contribution in [0.15, 0.2) is 22.9 Å². The molecule has 1 fully saturated rings. The number of aromatic nitrogens is 1. The van der Waals surface area contributed by atoms with Gasteiger partial charge in [0.2, 0.25) is 0 Å². The number of rotatable bonds is 7. The number of hydrogen-bond donors (Lipinski definition) is 1. The van der Waals surface area contributed by atoms with Crippen molar-refractivity contribution in [2.45, 2.75) is 6.42 Å². The molecule has 134 valence electrons. The standard InChI is InChI=1S/C16H19N3O4S2/c20-14(13-3-1-10-24-13)19(16-17-12(11-25-16)15(21)22)5-2-4-18-6-8-23-9-7-18/h1,3,10-11H,2,4-9H2,(H,21,22). The Morgan fingerprint density at radius 2 is 2.12 bits per heavy atom. The van der Waals surface area contributed by atoms with Gasteiger partial charge in [-0.3, -0.25) is 14.6 Å². The minimum absolute atomic E-state index is 0.0304. The lowest BCUT2D eigenvalue weighted by molar-refractivity contribution is 0.0376. The lowest BCUT2D eigenvalue weighted by atomic mass is 10.3. The van der Waals surface area contributed by atoms with Crippen LogP contribution in [0.2, 0.25) is 0 Å². The Hall–Kier alpha value is -1.81. The summed E-state index contributed by atoms with van der Waals surface area (Å²) in [5.41, 5.74) is -0.0304. The molecule has 0 atom stereocenters. The van der Waals surface area contributed by atoms with Gasteiger partial charge in [0.15, 0.2) is 10.8 Å². The van der Waals surface area contributed by atoms with Crippen molar-refractivity contribution in [2.75, 3.05) is 44.3 Å². The van der Waals surface area contributed by atoms with E-state index in [1.807, 2.05) is 11.4 Å². The number of ether oxygens (including phenoxy) is 1. The number of anilines is 1. The maximum Gasteiger partial charge on any atom is 0.355 e. The normalized spacial score (nSPS) is 15.2. The van der Waals surface area contributed by atoms with E-state index in [1.165, 1.54) is 28.1 Å². The second-order valence-corrected chi connectivity index (χ2v) is 7.35. The maximum atomic E-state index is 12.8. The van der Waals surface area contributed by atoms with Crippen LogP contribution < -0.4 is 4.90 Å². The molecule has 0 aromatic carbocycles. The van der Waals surface area contributed by atoms with E-state index in [9.17, 15) is 9.59 Å². The summed E-state index contributed by atoms with van der Waals surface area (Å²) in [6.07, 6.45) is 0.791. The van der Waals surface area contributed by atoms with E-state index in [2.05, 4.69) is 9.88 Å². The smallest absolute Gasteiger partial charge is 0.355 e. The minimum atomic E-state index is -1.08. The van der Waals surface area contributed by atoms with Crippen LogP contribution in [-0.2, 0) is 4.74 Å². The molecular weight excluding hydrogens is 362 g/mol. The van der Waals surface area contributed by atoms with E-state index in [-0.39, 0.29) is 11.6 Å². The largest absolute Gasteiger partial charge is 0.476 e. The summed E-state index contributed by atoms with van der Waals surface area (Å²) in [6.45, 7) is 4.66. The van der Waals surface area contributed by atoms with Gasteiger partial charge in [0.05, 0.1) is 18.1 Å². The number of aromatic carboxylic acids is 1. The molecule has 1 saturated heterocycles. The number of hydrogen-bond acceptors (Lipinski definition) is 7. The molecule has 1 aliphatic heterocycles. The highest BCUT2D eigenvalue weighted by Crippen LogP contribution is 2.24. The van der Waals surface area contributed by atoms with Gasteiger partial charge in [0.25, 0.3) is 5.91 Å². The van der Waals surface area contributed by atoms with Crippen molar-refractivity contribution in [2.24, 2.45) is 0 Å². The zero-order valence-corrected chi connectivity index (χ0v) is 15.2. The molecule has 25 heavy (non-hydrogen) atoms. The van der Waals surface area contributed by atoms with Crippen LogP contribution in [0.4, 0.5) is 5.13 Å². The van der Waals surface area contributed by atoms with Crippen molar-refractivity contribution < 1.29 is 19.4 Å². The molecule has 3 heterocycles. The Balaban J connectivity index is 1.69. The summed E-state index contributed by atoms with van der Waals surface area (Å²) in [7, 11) is 0. The van der Waals surface area contributed by atoms with Crippen LogP contribution in [0.1, 0.15) is 26.6 Å². The number of thiophene rings is 1. The Morgan fingerprint density at radius 3 is 2.76 bits per heavy atom. The van der Waals surface area contributed by atoms with E-state index < -0.39 is 5.97 Å². The van der Waals surface area contributed by atoms with E-state index in [0.717, 1.165) is 39.3 Å². The Labute approximate surface area is 153 Å². The number of nitrogens with zero attached hydrogens (tertiary/aromatic N) is 3. The average Bonchev–Trinajstić information content (AvgIpc) is 3.30. The van der Waals surface area contributed by atoms with E-state index in [4.69, 9.17) is 9.84 Å². The fourth-order valence-corrected chi connectivity index (χ4v) is 4.08. The van der Waals surface area contributed by atoms with E-state index >= 15 is 0 Å². The number of thiazole rings is 1. The molecule has 3 rings (SSSR count). The number of carboxylic acids is 1. The molecule has 0 aliphatic carbocycles. The average molecular weight is 381 g/mol. The second kappa shape index (κ2) is 8.52. The fraction of sp³-hybridized carbons (Fsp3) is 0.438. The quantitative estimate of drug-likeness (QED) is 0.792. The predicted octanol–water partition coefficient (Wildman–Crippen LogP) is 2.27. The SMILES string of the molecule is O=C(O)c1csc(N(CCCN2CCOCC2)C(=O)c2cccs2)n1. The molecule has 9 heteroatoms. The topological polar surface area (TPSA) is 83.0 Å². The van der Waals surface area contributed by atoms with Crippen LogP contribution >= 0.6 is 22.7 Å². The molecule has 0 bridgehead atoms. The Morgan fingerprint density at radius 1 is 1.32 bits per heavy atom. The summed E-state index contributed by atoms with van der Waals surface area (Å²) >= 11 is 2.55. The highest BCUT2D eigenvalue weighted by atomic mass is 32.1. The van der Waals surface area contributed by atoms with Crippen LogP contribution in [0.3, 0.4) is 0 Å². The molecule has 0 spiro atoms. The van der Waals surface area contributed by atoms with Crippen molar-refractivity contribution in [3.63, 3.8) is 0 Å². The molecule has 0 radical (unpaired) electrons. The number of morpholine rings is 1. The zero-order chi connectivity index (χ0) is 17.6. The van der Waals surface area contributed by atoms with Crippen LogP contribution in [0, 0.1) is 0 Å². The summed E-state index contributed by atoms with van der Waals surface area (Å²) in [4.78, 5) is 32.5. The maximum absolute atomic E-state index is 12.8. The highest BCUT2D eigenvalue weighted by Gasteiger charge is 2.23. The van der Waals surface area contributed by atoms with Gasteiger partial charge in [-0.1, -0.05) is 6.07 Å². The summed E-state index contributed by atoms with van der Waals surface area (Å²) in [5.74, 6) is -1.22. The van der Waals surface area contributed by atoms with Gasteiger partial charge in [0, 0.05) is 31.6 Å². The van der Waals surface area contributed by atoms with Crippen LogP contribution in [0.5, 0.6) is 0 Å². The van der Waals surface area contributed by atoms with Gasteiger partial charge in [-0.15, -0.1) is 22.7 Å². The minimum Gasteiger partial charge on any atom is -0.476 e. The Bertz CT molecular complexity index is 711. The fourth-order valence-electron chi connectivity index (χ4n) is 2.58. The molecule has 0 unspecified atom stereocenters. The third kappa shape index (κ3) is 4.63. The number of carboxylic acid groups (broad SMARTS) is 1. The second-order valence-electron chi connectivity index (χ2n) is 5.56. The number of carbonyl (C=O) groups is 2. The van der Waals surface area contributed by atoms with E-state index in [0.29, 0.717) is 16.6 Å². The van der Waals surface area contributed by atoms with Crippen molar-refractivity contribution in [1.82, 2.24) is 9.88 Å². The molecular formula is C16H19N3O4S2. The van der Waals surface area contributed by atoms with Crippen LogP contribution in [-0.4, -0.2) is 66.3 Å². The first-order valence-electron chi connectivity index (χ1n) is 7.99. The molecule has 7 nitrogen and oxygen atoms in total. The highest BCUT2D eigenvalue weighted by molar-refractivity contribution is 7.14. The molecule has 0 saturated carbocycles. The summed E-state index contributed by atoms with van der Waals surface area (Å²) < 4.78 is 5.34. The first kappa shape index (κ1) is 18.0. The van der Waals surface area contributed by atoms with Gasteiger partial charge in [-0.2, -0.15) is 0 Å². The summed E-state index contributed by atoms with van der Waals surface area (Å²) in [6, 6.07) is 3.60. The van der Waals surface area contributed by atoms with E-state index in [1.54, 1.807) is 11.0 Å². The monoisotopic (exact) mass is 381 g/mol. The zero-order valence-electron chi connectivity index (χ0n) is 13.6. The molecule has 1 N–H and O–H groups in total. The van der Waals surface area contributed by atoms with Crippen molar-refractivity contribution in [1.29, 1.82) is 0 Å². The van der Waals surface area contributed by atoms with Gasteiger partial charge in [0.1, 0.15) is 0 Å². The van der Waals surface area contributed by atoms with Crippen molar-refractivity contribution >= 4 is 39.7 Å². The van der Waals surface area contributed by atoms with Gasteiger partial charge >= 0.3 is 5.97 Å². The lowest BCUT2D eigenvalue weighted by Gasteiger charge is -2.27. The van der Waals surface area contributed by atoms with Crippen molar-refractivity contribution in [3.05, 3.63) is 33.5 Å². The summed E-state index contributed by atoms with van der Waals surface area (Å²) in [5, 5.41) is 12.8.